The summed E-state index contributed by atoms with van der Waals surface area (Å²) in [7, 11) is 0. The number of nitrogens with one attached hydrogen (secondary N) is 2. The summed E-state index contributed by atoms with van der Waals surface area (Å²) in [5, 5.41) is 5.38. The second-order valence-electron chi connectivity index (χ2n) is 7.60. The fourth-order valence-electron chi connectivity index (χ4n) is 3.72. The Morgan fingerprint density at radius 3 is 2.63 bits per heavy atom. The molecule has 0 radical (unpaired) electrons. The number of carbonyl (C=O) groups is 2. The van der Waals surface area contributed by atoms with Gasteiger partial charge >= 0.3 is 11.8 Å². The number of nitrogens with zero attached hydrogens (tertiary/aromatic N) is 2. The van der Waals surface area contributed by atoms with E-state index in [0.29, 0.717) is 42.9 Å². The standard InChI is InChI=1S/C22H26N4O4/c27-21(22(28)25-18-3-4-19-20(12-18)30-11-10-29-19)24-14-16-5-8-26(9-6-16)15-17-2-1-7-23-13-17/h1-4,7,12-13,16H,5-6,8-11,14-15H2,(H,24,27)(H,25,28). The SMILES string of the molecule is O=C(NCC1CCN(Cc2cccnc2)CC1)C(=O)Nc1ccc2c(c1)OCCO2. The van der Waals surface area contributed by atoms with Crippen molar-refractivity contribution >= 4 is 17.5 Å². The van der Waals surface area contributed by atoms with Crippen LogP contribution in [0, 0.1) is 5.92 Å². The molecule has 0 spiro atoms. The van der Waals surface area contributed by atoms with Crippen molar-refractivity contribution in [3.05, 3.63) is 48.3 Å². The van der Waals surface area contributed by atoms with Gasteiger partial charge in [-0.2, -0.15) is 0 Å². The third-order valence-corrected chi connectivity index (χ3v) is 5.39. The van der Waals surface area contributed by atoms with Crippen LogP contribution in [0.15, 0.2) is 42.7 Å². The van der Waals surface area contributed by atoms with Crippen molar-refractivity contribution in [2.24, 2.45) is 5.92 Å². The summed E-state index contributed by atoms with van der Waals surface area (Å²) in [5.74, 6) is 0.278. The van der Waals surface area contributed by atoms with Crippen LogP contribution in [0.3, 0.4) is 0 Å². The Balaban J connectivity index is 1.19. The van der Waals surface area contributed by atoms with Crippen molar-refractivity contribution < 1.29 is 19.1 Å². The van der Waals surface area contributed by atoms with E-state index in [4.69, 9.17) is 9.47 Å². The average Bonchev–Trinajstić information content (AvgIpc) is 2.79. The van der Waals surface area contributed by atoms with E-state index in [1.54, 1.807) is 24.4 Å². The van der Waals surface area contributed by atoms with Gasteiger partial charge in [0.1, 0.15) is 13.2 Å². The predicted molar refractivity (Wildman–Crippen MR) is 111 cm³/mol. The molecule has 0 aliphatic carbocycles. The van der Waals surface area contributed by atoms with Crippen molar-refractivity contribution in [3.63, 3.8) is 0 Å². The number of aromatic nitrogens is 1. The van der Waals surface area contributed by atoms with Gasteiger partial charge in [-0.25, -0.2) is 0 Å². The highest BCUT2D eigenvalue weighted by molar-refractivity contribution is 6.39. The lowest BCUT2D eigenvalue weighted by atomic mass is 9.96. The molecular weight excluding hydrogens is 384 g/mol. The molecule has 1 aromatic heterocycles. The molecule has 1 saturated heterocycles. The zero-order chi connectivity index (χ0) is 20.8. The summed E-state index contributed by atoms with van der Waals surface area (Å²) in [6, 6.07) is 9.11. The van der Waals surface area contributed by atoms with E-state index in [-0.39, 0.29) is 0 Å². The van der Waals surface area contributed by atoms with Crippen LogP contribution in [-0.2, 0) is 16.1 Å². The highest BCUT2D eigenvalue weighted by Gasteiger charge is 2.22. The van der Waals surface area contributed by atoms with E-state index in [2.05, 4.69) is 26.6 Å². The van der Waals surface area contributed by atoms with Crippen molar-refractivity contribution in [2.75, 3.05) is 38.2 Å². The van der Waals surface area contributed by atoms with Crippen molar-refractivity contribution in [1.29, 1.82) is 0 Å². The maximum absolute atomic E-state index is 12.2. The third-order valence-electron chi connectivity index (χ3n) is 5.39. The van der Waals surface area contributed by atoms with Crippen LogP contribution >= 0.6 is 0 Å². The van der Waals surface area contributed by atoms with E-state index >= 15 is 0 Å². The quantitative estimate of drug-likeness (QED) is 0.731. The minimum Gasteiger partial charge on any atom is -0.486 e. The molecule has 30 heavy (non-hydrogen) atoms. The summed E-state index contributed by atoms with van der Waals surface area (Å²) in [5.41, 5.74) is 1.71. The van der Waals surface area contributed by atoms with Gasteiger partial charge in [0, 0.05) is 37.2 Å². The van der Waals surface area contributed by atoms with Crippen LogP contribution < -0.4 is 20.1 Å². The lowest BCUT2D eigenvalue weighted by Crippen LogP contribution is -2.41. The first kappa shape index (κ1) is 20.2. The molecule has 8 nitrogen and oxygen atoms in total. The second kappa shape index (κ2) is 9.58. The number of hydrogen-bond donors (Lipinski definition) is 2. The number of benzene rings is 1. The second-order valence-corrected chi connectivity index (χ2v) is 7.60. The van der Waals surface area contributed by atoms with E-state index in [0.717, 1.165) is 32.5 Å². The number of ether oxygens (including phenoxy) is 2. The molecule has 2 aliphatic heterocycles. The first-order valence-electron chi connectivity index (χ1n) is 10.3. The molecular formula is C22H26N4O4. The van der Waals surface area contributed by atoms with Crippen molar-refractivity contribution in [1.82, 2.24) is 15.2 Å². The van der Waals surface area contributed by atoms with Crippen LogP contribution in [0.5, 0.6) is 11.5 Å². The van der Waals surface area contributed by atoms with Gasteiger partial charge in [0.05, 0.1) is 0 Å². The number of anilines is 1. The lowest BCUT2D eigenvalue weighted by molar-refractivity contribution is -0.136. The molecule has 1 fully saturated rings. The summed E-state index contributed by atoms with van der Waals surface area (Å²) < 4.78 is 10.9. The highest BCUT2D eigenvalue weighted by Crippen LogP contribution is 2.32. The molecule has 2 aliphatic rings. The first-order chi connectivity index (χ1) is 14.7. The Morgan fingerprint density at radius 2 is 1.87 bits per heavy atom. The molecule has 8 heteroatoms. The molecule has 0 atom stereocenters. The maximum Gasteiger partial charge on any atom is 0.313 e. The van der Waals surface area contributed by atoms with E-state index in [1.165, 1.54) is 5.56 Å². The molecule has 158 valence electrons. The smallest absolute Gasteiger partial charge is 0.313 e. The zero-order valence-corrected chi connectivity index (χ0v) is 16.8. The van der Waals surface area contributed by atoms with Crippen molar-refractivity contribution in [2.45, 2.75) is 19.4 Å². The van der Waals surface area contributed by atoms with Gasteiger partial charge in [0.15, 0.2) is 11.5 Å². The number of hydrogen-bond acceptors (Lipinski definition) is 6. The minimum absolute atomic E-state index is 0.376. The summed E-state index contributed by atoms with van der Waals surface area (Å²) in [4.78, 5) is 30.9. The molecule has 2 aromatic rings. The number of likely N-dealkylation sites (tertiary alicyclic amines) is 1. The number of rotatable bonds is 5. The van der Waals surface area contributed by atoms with Gasteiger partial charge in [-0.15, -0.1) is 0 Å². The van der Waals surface area contributed by atoms with Crippen LogP contribution in [0.4, 0.5) is 5.69 Å². The Kier molecular flexibility index (Phi) is 6.44. The minimum atomic E-state index is -0.680. The van der Waals surface area contributed by atoms with Crippen LogP contribution in [0.25, 0.3) is 0 Å². The normalized spacial score (nSPS) is 16.7. The average molecular weight is 410 g/mol. The Labute approximate surface area is 175 Å². The highest BCUT2D eigenvalue weighted by atomic mass is 16.6. The Bertz CT molecular complexity index is 882. The monoisotopic (exact) mass is 410 g/mol. The predicted octanol–water partition coefficient (Wildman–Crippen LogP) is 1.82. The number of piperidine rings is 1. The molecule has 2 amide bonds. The molecule has 0 saturated carbocycles. The van der Waals surface area contributed by atoms with E-state index in [9.17, 15) is 9.59 Å². The van der Waals surface area contributed by atoms with Crippen LogP contribution in [0.1, 0.15) is 18.4 Å². The lowest BCUT2D eigenvalue weighted by Gasteiger charge is -2.31. The molecule has 2 N–H and O–H groups in total. The zero-order valence-electron chi connectivity index (χ0n) is 16.8. The summed E-state index contributed by atoms with van der Waals surface area (Å²) in [6.45, 7) is 4.31. The summed E-state index contributed by atoms with van der Waals surface area (Å²) >= 11 is 0. The largest absolute Gasteiger partial charge is 0.486 e. The summed E-state index contributed by atoms with van der Waals surface area (Å²) in [6.07, 6.45) is 5.66. The Morgan fingerprint density at radius 1 is 1.07 bits per heavy atom. The number of amides is 2. The number of pyridine rings is 1. The van der Waals surface area contributed by atoms with Gasteiger partial charge in [0.25, 0.3) is 0 Å². The molecule has 1 aromatic carbocycles. The van der Waals surface area contributed by atoms with Gasteiger partial charge in [0.2, 0.25) is 0 Å². The fraction of sp³-hybridized carbons (Fsp3) is 0.409. The molecule has 3 heterocycles. The molecule has 0 unspecified atom stereocenters. The number of carbonyl (C=O) groups excluding carboxylic acids is 2. The van der Waals surface area contributed by atoms with Crippen molar-refractivity contribution in [3.8, 4) is 11.5 Å². The topological polar surface area (TPSA) is 92.8 Å². The van der Waals surface area contributed by atoms with Gasteiger partial charge in [-0.05, 0) is 55.6 Å². The first-order valence-corrected chi connectivity index (χ1v) is 10.3. The van der Waals surface area contributed by atoms with Gasteiger partial charge in [-0.3, -0.25) is 19.5 Å². The molecule has 4 rings (SSSR count). The Hall–Kier alpha value is -3.13. The maximum atomic E-state index is 12.2. The van der Waals surface area contributed by atoms with Crippen LogP contribution in [-0.4, -0.2) is 54.5 Å². The van der Waals surface area contributed by atoms with E-state index < -0.39 is 11.8 Å². The number of fused-ring (bicyclic) bond motifs is 1. The fourth-order valence-corrected chi connectivity index (χ4v) is 3.72. The van der Waals surface area contributed by atoms with Gasteiger partial charge < -0.3 is 20.1 Å². The molecule has 0 bridgehead atoms. The third kappa shape index (κ3) is 5.27. The van der Waals surface area contributed by atoms with Gasteiger partial charge in [-0.1, -0.05) is 6.07 Å². The van der Waals surface area contributed by atoms with E-state index in [1.807, 2.05) is 12.3 Å². The van der Waals surface area contributed by atoms with Crippen LogP contribution in [0.2, 0.25) is 0 Å².